The molecule has 1 aliphatic heterocycles. The number of pyridine rings is 1. The Morgan fingerprint density at radius 3 is 2.54 bits per heavy atom. The molecule has 188 valence electrons. The van der Waals surface area contributed by atoms with Gasteiger partial charge in [0.05, 0.1) is 17.9 Å². The van der Waals surface area contributed by atoms with Crippen molar-refractivity contribution in [1.29, 1.82) is 0 Å². The number of amides is 2. The predicted octanol–water partition coefficient (Wildman–Crippen LogP) is 5.24. The monoisotopic (exact) mass is 501 g/mol. The van der Waals surface area contributed by atoms with Gasteiger partial charge >= 0.3 is 6.18 Å². The highest BCUT2D eigenvalue weighted by molar-refractivity contribution is 6.01. The van der Waals surface area contributed by atoms with E-state index in [1.807, 2.05) is 0 Å². The normalized spacial score (nSPS) is 19.6. The molecule has 0 spiro atoms. The van der Waals surface area contributed by atoms with E-state index in [2.05, 4.69) is 10.3 Å². The molecular weight excluding hydrogens is 480 g/mol. The molecule has 6 nitrogen and oxygen atoms in total. The van der Waals surface area contributed by atoms with E-state index in [-0.39, 0.29) is 41.2 Å². The van der Waals surface area contributed by atoms with Crippen LogP contribution in [0, 0.1) is 18.7 Å². The van der Waals surface area contributed by atoms with Crippen LogP contribution in [0.5, 0.6) is 5.75 Å². The van der Waals surface area contributed by atoms with Gasteiger partial charge in [-0.15, -0.1) is 0 Å². The molecule has 0 bridgehead atoms. The van der Waals surface area contributed by atoms with Crippen molar-refractivity contribution < 1.29 is 40.7 Å². The van der Waals surface area contributed by atoms with Crippen LogP contribution in [0.3, 0.4) is 0 Å². The Kier molecular flexibility index (Phi) is 6.18. The molecule has 2 amide bonds. The highest BCUT2D eigenvalue weighted by Gasteiger charge is 2.46. The van der Waals surface area contributed by atoms with Gasteiger partial charge in [0.25, 0.3) is 5.91 Å². The van der Waals surface area contributed by atoms with Gasteiger partial charge in [-0.3, -0.25) is 14.6 Å². The Morgan fingerprint density at radius 1 is 1.29 bits per heavy atom. The zero-order chi connectivity index (χ0) is 25.7. The quantitative estimate of drug-likeness (QED) is 0.570. The van der Waals surface area contributed by atoms with Crippen LogP contribution in [-0.4, -0.2) is 28.8 Å². The first-order valence-corrected chi connectivity index (χ1v) is 10.8. The fourth-order valence-electron chi connectivity index (χ4n) is 4.19. The second-order valence-electron chi connectivity index (χ2n) is 8.85. The van der Waals surface area contributed by atoms with Gasteiger partial charge in [0.1, 0.15) is 5.69 Å². The van der Waals surface area contributed by atoms with Crippen LogP contribution < -0.4 is 15.0 Å². The fraction of sp³-hybridized carbons (Fsp3) is 0.435. The molecule has 1 saturated carbocycles. The van der Waals surface area contributed by atoms with Crippen LogP contribution in [0.25, 0.3) is 0 Å². The molecular formula is C23H21F6N3O3. The van der Waals surface area contributed by atoms with Gasteiger partial charge < -0.3 is 15.0 Å². The number of halogens is 6. The van der Waals surface area contributed by atoms with Gasteiger partial charge in [-0.2, -0.15) is 13.2 Å². The predicted molar refractivity (Wildman–Crippen MR) is 113 cm³/mol. The highest BCUT2D eigenvalue weighted by atomic mass is 19.4. The Hall–Kier alpha value is -3.31. The van der Waals surface area contributed by atoms with E-state index in [1.165, 1.54) is 30.9 Å². The molecule has 1 unspecified atom stereocenters. The summed E-state index contributed by atoms with van der Waals surface area (Å²) in [5.74, 6) is -5.69. The number of hydrogen-bond donors (Lipinski definition) is 1. The molecule has 2 aromatic rings. The number of fused-ring (bicyclic) bond motifs is 1. The van der Waals surface area contributed by atoms with Gasteiger partial charge in [0.2, 0.25) is 11.8 Å². The van der Waals surface area contributed by atoms with E-state index in [9.17, 15) is 31.5 Å². The minimum atomic E-state index is -4.62. The lowest BCUT2D eigenvalue weighted by atomic mass is 9.79. The van der Waals surface area contributed by atoms with E-state index in [0.717, 1.165) is 12.3 Å². The number of aromatic nitrogens is 1. The van der Waals surface area contributed by atoms with Crippen molar-refractivity contribution in [3.05, 3.63) is 47.0 Å². The average molecular weight is 501 g/mol. The first-order valence-electron chi connectivity index (χ1n) is 10.8. The number of carbonyl (C=O) groups is 2. The molecule has 1 N–H and O–H groups in total. The number of anilines is 2. The van der Waals surface area contributed by atoms with Crippen LogP contribution in [-0.2, 0) is 22.3 Å². The van der Waals surface area contributed by atoms with Crippen LogP contribution >= 0.6 is 0 Å². The molecule has 2 aliphatic rings. The van der Waals surface area contributed by atoms with Crippen LogP contribution in [0.1, 0.15) is 43.0 Å². The summed E-state index contributed by atoms with van der Waals surface area (Å²) in [5.41, 5.74) is -0.720. The minimum absolute atomic E-state index is 0.0413. The van der Waals surface area contributed by atoms with Crippen molar-refractivity contribution in [3.63, 3.8) is 0 Å². The summed E-state index contributed by atoms with van der Waals surface area (Å²) >= 11 is 0. The SMILES string of the molecule is Cc1cc2c(c(F)c1NC(=O)CC1CC(F)(F)C1)OC(C)C(=O)N2Cc1ccc(C(F)(F)F)nc1. The summed E-state index contributed by atoms with van der Waals surface area (Å²) in [5, 5.41) is 2.41. The Bertz CT molecular complexity index is 1160. The lowest BCUT2D eigenvalue weighted by molar-refractivity contribution is -0.141. The summed E-state index contributed by atoms with van der Waals surface area (Å²) in [6.07, 6.45) is -5.73. The number of nitrogens with one attached hydrogen (secondary N) is 1. The Labute approximate surface area is 196 Å². The molecule has 1 aromatic carbocycles. The zero-order valence-electron chi connectivity index (χ0n) is 18.7. The van der Waals surface area contributed by atoms with Crippen LogP contribution in [0.2, 0.25) is 0 Å². The number of rotatable bonds is 5. The molecule has 1 aromatic heterocycles. The summed E-state index contributed by atoms with van der Waals surface area (Å²) in [6.45, 7) is 2.68. The second kappa shape index (κ2) is 8.72. The van der Waals surface area contributed by atoms with Crippen molar-refractivity contribution in [2.45, 2.75) is 57.9 Å². The smallest absolute Gasteiger partial charge is 0.433 e. The van der Waals surface area contributed by atoms with E-state index < -0.39 is 60.3 Å². The standard InChI is InChI=1S/C23H21F6N3O3/c1-11-5-15-20(18(24)19(11)31-17(33)6-14-7-22(25,26)8-14)35-12(2)21(34)32(15)10-13-3-4-16(30-9-13)23(27,28)29/h3-5,9,12,14H,6-8,10H2,1-2H3,(H,31,33). The average Bonchev–Trinajstić information content (AvgIpc) is 2.74. The topological polar surface area (TPSA) is 71.5 Å². The van der Waals surface area contributed by atoms with Crippen molar-refractivity contribution in [2.24, 2.45) is 5.92 Å². The third-order valence-electron chi connectivity index (χ3n) is 5.97. The first kappa shape index (κ1) is 24.8. The second-order valence-corrected chi connectivity index (χ2v) is 8.85. The van der Waals surface area contributed by atoms with E-state index in [0.29, 0.717) is 0 Å². The summed E-state index contributed by atoms with van der Waals surface area (Å²) in [7, 11) is 0. The number of ether oxygens (including phenoxy) is 1. The number of hydrogen-bond acceptors (Lipinski definition) is 4. The first-order chi connectivity index (χ1) is 16.2. The Balaban J connectivity index is 1.58. The third kappa shape index (κ3) is 5.06. The number of aryl methyl sites for hydroxylation is 1. The molecule has 35 heavy (non-hydrogen) atoms. The van der Waals surface area contributed by atoms with E-state index in [4.69, 9.17) is 4.74 Å². The van der Waals surface area contributed by atoms with E-state index in [1.54, 1.807) is 0 Å². The van der Waals surface area contributed by atoms with Crippen molar-refractivity contribution in [1.82, 2.24) is 4.98 Å². The van der Waals surface area contributed by atoms with Gasteiger partial charge in [-0.25, -0.2) is 13.2 Å². The highest BCUT2D eigenvalue weighted by Crippen LogP contribution is 2.45. The summed E-state index contributed by atoms with van der Waals surface area (Å²) in [6, 6.07) is 3.37. The maximum atomic E-state index is 15.4. The van der Waals surface area contributed by atoms with Crippen LogP contribution in [0.15, 0.2) is 24.4 Å². The number of benzene rings is 1. The Morgan fingerprint density at radius 2 is 1.97 bits per heavy atom. The van der Waals surface area contributed by atoms with Gasteiger partial charge in [-0.05, 0) is 43.0 Å². The van der Waals surface area contributed by atoms with Crippen molar-refractivity contribution >= 4 is 23.2 Å². The minimum Gasteiger partial charge on any atom is -0.476 e. The zero-order valence-corrected chi connectivity index (χ0v) is 18.7. The van der Waals surface area contributed by atoms with Crippen molar-refractivity contribution in [2.75, 3.05) is 10.2 Å². The molecule has 2 heterocycles. The maximum Gasteiger partial charge on any atom is 0.433 e. The number of carbonyl (C=O) groups excluding carboxylic acids is 2. The molecule has 0 radical (unpaired) electrons. The molecule has 1 fully saturated rings. The lowest BCUT2D eigenvalue weighted by Crippen LogP contribution is -2.44. The molecule has 4 rings (SSSR count). The van der Waals surface area contributed by atoms with Crippen molar-refractivity contribution in [3.8, 4) is 5.75 Å². The fourth-order valence-corrected chi connectivity index (χ4v) is 4.19. The van der Waals surface area contributed by atoms with Gasteiger partial charge in [0.15, 0.2) is 17.7 Å². The number of alkyl halides is 5. The molecule has 1 atom stereocenters. The van der Waals surface area contributed by atoms with E-state index >= 15 is 4.39 Å². The largest absolute Gasteiger partial charge is 0.476 e. The number of nitrogens with zero attached hydrogens (tertiary/aromatic N) is 2. The van der Waals surface area contributed by atoms with Crippen LogP contribution in [0.4, 0.5) is 37.7 Å². The molecule has 12 heteroatoms. The van der Waals surface area contributed by atoms with Gasteiger partial charge in [0, 0.05) is 25.5 Å². The third-order valence-corrected chi connectivity index (χ3v) is 5.97. The molecule has 1 aliphatic carbocycles. The lowest BCUT2D eigenvalue weighted by Gasteiger charge is -2.35. The summed E-state index contributed by atoms with van der Waals surface area (Å²) in [4.78, 5) is 29.6. The maximum absolute atomic E-state index is 15.4. The van der Waals surface area contributed by atoms with Gasteiger partial charge in [-0.1, -0.05) is 6.07 Å². The summed E-state index contributed by atoms with van der Waals surface area (Å²) < 4.78 is 85.2. The molecule has 0 saturated heterocycles.